The average molecular weight is 329 g/mol. The second-order valence-corrected chi connectivity index (χ2v) is 5.39. The van der Waals surface area contributed by atoms with Gasteiger partial charge in [0.1, 0.15) is 5.75 Å². The quantitative estimate of drug-likeness (QED) is 0.296. The first-order chi connectivity index (χ1) is 11.0. The van der Waals surface area contributed by atoms with Crippen LogP contribution in [0.4, 0.5) is 18.9 Å². The normalized spacial score (nSPS) is 11.1. The van der Waals surface area contributed by atoms with E-state index in [1.807, 2.05) is 0 Å². The number of aliphatic imine (C=N–C) groups is 1. The molecule has 1 rings (SSSR count). The minimum atomic E-state index is -4.02. The number of halogens is 3. The Hall–Kier alpha value is -1.81. The number of rotatable bonds is 11. The molecule has 0 aliphatic heterocycles. The highest BCUT2D eigenvalue weighted by Crippen LogP contribution is 2.23. The van der Waals surface area contributed by atoms with E-state index in [4.69, 9.17) is 4.74 Å². The van der Waals surface area contributed by atoms with Crippen LogP contribution in [0.15, 0.2) is 29.3 Å². The van der Waals surface area contributed by atoms with Crippen LogP contribution in [0.1, 0.15) is 51.4 Å². The lowest BCUT2D eigenvalue weighted by Crippen LogP contribution is -2.06. The van der Waals surface area contributed by atoms with Gasteiger partial charge in [0.15, 0.2) is 0 Å². The van der Waals surface area contributed by atoms with Gasteiger partial charge in [-0.2, -0.15) is 18.2 Å². The average Bonchev–Trinajstić information content (AvgIpc) is 2.50. The summed E-state index contributed by atoms with van der Waals surface area (Å²) < 4.78 is 41.4. The number of carbonyl (C=O) groups excluding carboxylic acids is 1. The summed E-state index contributed by atoms with van der Waals surface area (Å²) in [6, 6.07) is 6.86. The molecule has 6 heteroatoms. The molecule has 0 atom stereocenters. The topological polar surface area (TPSA) is 38.7 Å². The Morgan fingerprint density at radius 2 is 1.48 bits per heavy atom. The fourth-order valence-electron chi connectivity index (χ4n) is 2.17. The Labute approximate surface area is 134 Å². The van der Waals surface area contributed by atoms with E-state index in [2.05, 4.69) is 4.99 Å². The Kier molecular flexibility index (Phi) is 9.07. The highest BCUT2D eigenvalue weighted by molar-refractivity contribution is 5.49. The minimum Gasteiger partial charge on any atom is -0.494 e. The van der Waals surface area contributed by atoms with E-state index in [-0.39, 0.29) is 6.42 Å². The molecule has 1 aromatic rings. The van der Waals surface area contributed by atoms with Crippen molar-refractivity contribution in [1.82, 2.24) is 0 Å². The number of ether oxygens (including phenoxy) is 1. The first kappa shape index (κ1) is 19.2. The van der Waals surface area contributed by atoms with Gasteiger partial charge in [0, 0.05) is 6.42 Å². The summed E-state index contributed by atoms with van der Waals surface area (Å²) in [6.45, 7) is 0.602. The molecule has 0 radical (unpaired) electrons. The standard InChI is InChI=1S/C17H22F3NO2/c18-17(19,20)12-6-4-2-1-3-5-7-13-23-16-10-8-15(9-11-16)21-14-22/h8-11H,1-7,12-13H2. The van der Waals surface area contributed by atoms with Crippen LogP contribution in [0.25, 0.3) is 0 Å². The van der Waals surface area contributed by atoms with Gasteiger partial charge in [-0.25, -0.2) is 4.79 Å². The van der Waals surface area contributed by atoms with Crippen molar-refractivity contribution in [2.24, 2.45) is 4.99 Å². The summed E-state index contributed by atoms with van der Waals surface area (Å²) in [4.78, 5) is 13.6. The summed E-state index contributed by atoms with van der Waals surface area (Å²) in [6.07, 6.45) is 2.43. The van der Waals surface area contributed by atoms with Gasteiger partial charge in [-0.3, -0.25) is 0 Å². The van der Waals surface area contributed by atoms with Crippen LogP contribution in [0, 0.1) is 0 Å². The fourth-order valence-corrected chi connectivity index (χ4v) is 2.17. The molecule has 23 heavy (non-hydrogen) atoms. The lowest BCUT2D eigenvalue weighted by atomic mass is 10.1. The van der Waals surface area contributed by atoms with Crippen LogP contribution in [-0.4, -0.2) is 18.9 Å². The molecule has 0 saturated carbocycles. The van der Waals surface area contributed by atoms with Crippen molar-refractivity contribution in [2.75, 3.05) is 6.61 Å². The molecule has 0 saturated heterocycles. The zero-order valence-electron chi connectivity index (χ0n) is 13.1. The fraction of sp³-hybridized carbons (Fsp3) is 0.588. The summed E-state index contributed by atoms with van der Waals surface area (Å²) in [7, 11) is 0. The Morgan fingerprint density at radius 1 is 0.913 bits per heavy atom. The van der Waals surface area contributed by atoms with Crippen molar-refractivity contribution < 1.29 is 22.7 Å². The van der Waals surface area contributed by atoms with Crippen molar-refractivity contribution in [3.63, 3.8) is 0 Å². The Balaban J connectivity index is 1.96. The molecule has 3 nitrogen and oxygen atoms in total. The first-order valence-corrected chi connectivity index (χ1v) is 7.89. The van der Waals surface area contributed by atoms with Crippen LogP contribution in [0.5, 0.6) is 5.75 Å². The highest BCUT2D eigenvalue weighted by Gasteiger charge is 2.25. The molecule has 0 aliphatic carbocycles. The number of isocyanates is 1. The molecule has 0 N–H and O–H groups in total. The van der Waals surface area contributed by atoms with E-state index in [1.165, 1.54) is 6.08 Å². The largest absolute Gasteiger partial charge is 0.494 e. The van der Waals surface area contributed by atoms with Gasteiger partial charge in [0.2, 0.25) is 6.08 Å². The van der Waals surface area contributed by atoms with Crippen LogP contribution in [0.3, 0.4) is 0 Å². The molecule has 0 heterocycles. The van der Waals surface area contributed by atoms with E-state index in [0.29, 0.717) is 18.7 Å². The second-order valence-electron chi connectivity index (χ2n) is 5.39. The van der Waals surface area contributed by atoms with Gasteiger partial charge in [-0.05, 0) is 37.1 Å². The van der Waals surface area contributed by atoms with Gasteiger partial charge in [0.25, 0.3) is 0 Å². The summed E-state index contributed by atoms with van der Waals surface area (Å²) in [5, 5.41) is 0. The summed E-state index contributed by atoms with van der Waals surface area (Å²) in [5.41, 5.74) is 0.540. The van der Waals surface area contributed by atoms with Crippen LogP contribution >= 0.6 is 0 Å². The summed E-state index contributed by atoms with van der Waals surface area (Å²) in [5.74, 6) is 0.724. The number of benzene rings is 1. The van der Waals surface area contributed by atoms with E-state index < -0.39 is 12.6 Å². The SMILES string of the molecule is O=C=Nc1ccc(OCCCCCCCCCC(F)(F)F)cc1. The van der Waals surface area contributed by atoms with Crippen molar-refractivity contribution >= 4 is 11.8 Å². The number of nitrogens with zero attached hydrogens (tertiary/aromatic N) is 1. The monoisotopic (exact) mass is 329 g/mol. The molecular formula is C17H22F3NO2. The van der Waals surface area contributed by atoms with Gasteiger partial charge >= 0.3 is 6.18 Å². The number of hydrogen-bond donors (Lipinski definition) is 0. The Morgan fingerprint density at radius 3 is 2.04 bits per heavy atom. The molecule has 0 spiro atoms. The van der Waals surface area contributed by atoms with E-state index in [9.17, 15) is 18.0 Å². The zero-order valence-corrected chi connectivity index (χ0v) is 13.1. The van der Waals surface area contributed by atoms with Crippen LogP contribution in [-0.2, 0) is 4.79 Å². The van der Waals surface area contributed by atoms with Crippen molar-refractivity contribution in [3.05, 3.63) is 24.3 Å². The molecular weight excluding hydrogens is 307 g/mol. The zero-order chi connectivity index (χ0) is 17.0. The molecule has 1 aromatic carbocycles. The maximum atomic E-state index is 11.9. The second kappa shape index (κ2) is 10.8. The van der Waals surface area contributed by atoms with Gasteiger partial charge in [-0.1, -0.05) is 32.1 Å². The number of unbranched alkanes of at least 4 members (excludes halogenated alkanes) is 6. The maximum absolute atomic E-state index is 11.9. The third kappa shape index (κ3) is 10.5. The molecule has 0 aromatic heterocycles. The molecule has 0 unspecified atom stereocenters. The highest BCUT2D eigenvalue weighted by atomic mass is 19.4. The number of alkyl halides is 3. The third-order valence-corrected chi connectivity index (χ3v) is 3.38. The van der Waals surface area contributed by atoms with Crippen LogP contribution < -0.4 is 4.74 Å². The maximum Gasteiger partial charge on any atom is 0.389 e. The molecule has 128 valence electrons. The van der Waals surface area contributed by atoms with Gasteiger partial charge < -0.3 is 4.74 Å². The van der Waals surface area contributed by atoms with Gasteiger partial charge in [0.05, 0.1) is 12.3 Å². The minimum absolute atomic E-state index is 0.233. The predicted octanol–water partition coefficient (Wildman–Crippen LogP) is 5.72. The third-order valence-electron chi connectivity index (χ3n) is 3.38. The lowest BCUT2D eigenvalue weighted by Gasteiger charge is -2.07. The number of hydrogen-bond acceptors (Lipinski definition) is 3. The lowest BCUT2D eigenvalue weighted by molar-refractivity contribution is -0.135. The molecule has 0 fully saturated rings. The first-order valence-electron chi connectivity index (χ1n) is 7.89. The van der Waals surface area contributed by atoms with E-state index in [0.717, 1.165) is 37.9 Å². The van der Waals surface area contributed by atoms with Crippen molar-refractivity contribution in [3.8, 4) is 5.75 Å². The smallest absolute Gasteiger partial charge is 0.389 e. The molecule has 0 amide bonds. The predicted molar refractivity (Wildman–Crippen MR) is 82.7 cm³/mol. The summed E-state index contributed by atoms with van der Waals surface area (Å²) >= 11 is 0. The van der Waals surface area contributed by atoms with Crippen LogP contribution in [0.2, 0.25) is 0 Å². The molecule has 0 aliphatic rings. The van der Waals surface area contributed by atoms with Crippen molar-refractivity contribution in [2.45, 2.75) is 57.5 Å². The van der Waals surface area contributed by atoms with Gasteiger partial charge in [-0.15, -0.1) is 0 Å². The molecule has 0 bridgehead atoms. The van der Waals surface area contributed by atoms with E-state index >= 15 is 0 Å². The van der Waals surface area contributed by atoms with E-state index in [1.54, 1.807) is 24.3 Å². The Bertz CT molecular complexity index is 480. The van der Waals surface area contributed by atoms with Crippen molar-refractivity contribution in [1.29, 1.82) is 0 Å².